The molecule has 1 aromatic carbocycles. The van der Waals surface area contributed by atoms with Gasteiger partial charge in [0, 0.05) is 7.05 Å². The molecule has 22 heavy (non-hydrogen) atoms. The third-order valence-corrected chi connectivity index (χ3v) is 3.11. The number of benzene rings is 1. The SMILES string of the molecule is Cc1ccccc1OCCN(C)C(=O)c1ccc([N+](=O)[O-])o1. The first-order valence-electron chi connectivity index (χ1n) is 6.67. The zero-order chi connectivity index (χ0) is 16.1. The quantitative estimate of drug-likeness (QED) is 0.605. The predicted octanol–water partition coefficient (Wildman–Crippen LogP) is 2.65. The van der Waals surface area contributed by atoms with Gasteiger partial charge >= 0.3 is 5.88 Å². The summed E-state index contributed by atoms with van der Waals surface area (Å²) in [5.74, 6) is -0.184. The van der Waals surface area contributed by atoms with Gasteiger partial charge in [-0.3, -0.25) is 14.9 Å². The van der Waals surface area contributed by atoms with Crippen molar-refractivity contribution >= 4 is 11.8 Å². The lowest BCUT2D eigenvalue weighted by molar-refractivity contribution is -0.402. The molecule has 1 aromatic heterocycles. The molecule has 0 aliphatic rings. The van der Waals surface area contributed by atoms with Crippen molar-refractivity contribution in [2.75, 3.05) is 20.2 Å². The summed E-state index contributed by atoms with van der Waals surface area (Å²) in [5.41, 5.74) is 1.01. The van der Waals surface area contributed by atoms with E-state index in [0.717, 1.165) is 17.4 Å². The molecule has 0 radical (unpaired) electrons. The highest BCUT2D eigenvalue weighted by Crippen LogP contribution is 2.18. The molecule has 1 amide bonds. The van der Waals surface area contributed by atoms with Crippen LogP contribution in [0, 0.1) is 17.0 Å². The average molecular weight is 304 g/mol. The lowest BCUT2D eigenvalue weighted by Gasteiger charge is -2.16. The Labute approximate surface area is 127 Å². The Morgan fingerprint density at radius 2 is 2.05 bits per heavy atom. The van der Waals surface area contributed by atoms with Crippen molar-refractivity contribution < 1.29 is 18.9 Å². The largest absolute Gasteiger partial charge is 0.491 e. The number of furan rings is 1. The minimum absolute atomic E-state index is 0.0647. The fraction of sp³-hybridized carbons (Fsp3) is 0.267. The first-order chi connectivity index (χ1) is 10.5. The van der Waals surface area contributed by atoms with Gasteiger partial charge in [0.2, 0.25) is 0 Å². The molecule has 0 N–H and O–H groups in total. The molecule has 2 rings (SSSR count). The van der Waals surface area contributed by atoms with Gasteiger partial charge in [0.15, 0.2) is 5.76 Å². The second-order valence-electron chi connectivity index (χ2n) is 4.74. The van der Waals surface area contributed by atoms with Crippen molar-refractivity contribution in [2.24, 2.45) is 0 Å². The Balaban J connectivity index is 1.88. The van der Waals surface area contributed by atoms with Gasteiger partial charge in [-0.05, 0) is 24.6 Å². The molecule has 7 heteroatoms. The Morgan fingerprint density at radius 1 is 1.32 bits per heavy atom. The van der Waals surface area contributed by atoms with Crippen LogP contribution in [-0.2, 0) is 0 Å². The Hall–Kier alpha value is -2.83. The van der Waals surface area contributed by atoms with E-state index < -0.39 is 16.7 Å². The number of likely N-dealkylation sites (N-methyl/N-ethyl adjacent to an activating group) is 1. The van der Waals surface area contributed by atoms with Crippen LogP contribution in [0.1, 0.15) is 16.1 Å². The fourth-order valence-electron chi connectivity index (χ4n) is 1.84. The van der Waals surface area contributed by atoms with Gasteiger partial charge in [-0.25, -0.2) is 0 Å². The molecule has 0 spiro atoms. The van der Waals surface area contributed by atoms with E-state index in [9.17, 15) is 14.9 Å². The van der Waals surface area contributed by atoms with Gasteiger partial charge < -0.3 is 14.1 Å². The lowest BCUT2D eigenvalue weighted by atomic mass is 10.2. The number of ether oxygens (including phenoxy) is 1. The van der Waals surface area contributed by atoms with Crippen LogP contribution in [0.4, 0.5) is 5.88 Å². The van der Waals surface area contributed by atoms with E-state index in [1.165, 1.54) is 11.0 Å². The Morgan fingerprint density at radius 3 is 2.68 bits per heavy atom. The summed E-state index contributed by atoms with van der Waals surface area (Å²) < 4.78 is 10.5. The number of hydrogen-bond donors (Lipinski definition) is 0. The third-order valence-electron chi connectivity index (χ3n) is 3.11. The maximum Gasteiger partial charge on any atom is 0.433 e. The molecule has 0 unspecified atom stereocenters. The van der Waals surface area contributed by atoms with E-state index in [2.05, 4.69) is 0 Å². The summed E-state index contributed by atoms with van der Waals surface area (Å²) >= 11 is 0. The van der Waals surface area contributed by atoms with Crippen LogP contribution in [0.2, 0.25) is 0 Å². The maximum absolute atomic E-state index is 12.0. The van der Waals surface area contributed by atoms with Gasteiger partial charge in [0.05, 0.1) is 12.6 Å². The monoisotopic (exact) mass is 304 g/mol. The summed E-state index contributed by atoms with van der Waals surface area (Å²) in [6, 6.07) is 10.0. The van der Waals surface area contributed by atoms with Crippen LogP contribution in [-0.4, -0.2) is 35.9 Å². The number of rotatable bonds is 6. The predicted molar refractivity (Wildman–Crippen MR) is 79.0 cm³/mol. The number of hydrogen-bond acceptors (Lipinski definition) is 5. The van der Waals surface area contributed by atoms with Gasteiger partial charge in [0.1, 0.15) is 17.3 Å². The van der Waals surface area contributed by atoms with Crippen LogP contribution in [0.25, 0.3) is 0 Å². The van der Waals surface area contributed by atoms with Crippen LogP contribution in [0.15, 0.2) is 40.8 Å². The highest BCUT2D eigenvalue weighted by Gasteiger charge is 2.20. The Bertz CT molecular complexity index is 680. The van der Waals surface area contributed by atoms with Gasteiger partial charge in [-0.1, -0.05) is 18.2 Å². The highest BCUT2D eigenvalue weighted by molar-refractivity contribution is 5.91. The molecular weight excluding hydrogens is 288 g/mol. The number of carbonyl (C=O) groups excluding carboxylic acids is 1. The number of carbonyl (C=O) groups is 1. The zero-order valence-electron chi connectivity index (χ0n) is 12.3. The van der Waals surface area contributed by atoms with E-state index >= 15 is 0 Å². The number of amides is 1. The highest BCUT2D eigenvalue weighted by atomic mass is 16.6. The second-order valence-corrected chi connectivity index (χ2v) is 4.74. The number of aryl methyl sites for hydroxylation is 1. The molecule has 0 aliphatic heterocycles. The zero-order valence-corrected chi connectivity index (χ0v) is 12.3. The van der Waals surface area contributed by atoms with Crippen molar-refractivity contribution in [3.05, 3.63) is 57.8 Å². The topological polar surface area (TPSA) is 85.8 Å². The van der Waals surface area contributed by atoms with E-state index in [1.54, 1.807) is 7.05 Å². The molecule has 2 aromatic rings. The van der Waals surface area contributed by atoms with Gasteiger partial charge in [-0.2, -0.15) is 0 Å². The average Bonchev–Trinajstić information content (AvgIpc) is 2.98. The smallest absolute Gasteiger partial charge is 0.433 e. The van der Waals surface area contributed by atoms with Crippen molar-refractivity contribution in [3.8, 4) is 5.75 Å². The molecule has 0 saturated carbocycles. The van der Waals surface area contributed by atoms with Gasteiger partial charge in [0.25, 0.3) is 5.91 Å². The van der Waals surface area contributed by atoms with Crippen molar-refractivity contribution in [1.29, 1.82) is 0 Å². The molecule has 1 heterocycles. The van der Waals surface area contributed by atoms with Crippen LogP contribution in [0.3, 0.4) is 0 Å². The summed E-state index contributed by atoms with van der Waals surface area (Å²) in [4.78, 5) is 23.3. The Kier molecular flexibility index (Phi) is 4.77. The molecule has 7 nitrogen and oxygen atoms in total. The first kappa shape index (κ1) is 15.6. The fourth-order valence-corrected chi connectivity index (χ4v) is 1.84. The summed E-state index contributed by atoms with van der Waals surface area (Å²) in [6.07, 6.45) is 0. The van der Waals surface area contributed by atoms with Crippen LogP contribution < -0.4 is 4.74 Å². The van der Waals surface area contributed by atoms with E-state index in [0.29, 0.717) is 13.2 Å². The van der Waals surface area contributed by atoms with Crippen molar-refractivity contribution in [3.63, 3.8) is 0 Å². The first-order valence-corrected chi connectivity index (χ1v) is 6.67. The molecule has 116 valence electrons. The minimum atomic E-state index is -0.682. The minimum Gasteiger partial charge on any atom is -0.491 e. The standard InChI is InChI=1S/C15H16N2O5/c1-11-5-3-4-6-12(11)21-10-9-16(2)15(18)13-7-8-14(22-13)17(19)20/h3-8H,9-10H2,1-2H3. The lowest BCUT2D eigenvalue weighted by Crippen LogP contribution is -2.30. The number of nitrogens with zero attached hydrogens (tertiary/aromatic N) is 2. The molecule has 0 atom stereocenters. The van der Waals surface area contributed by atoms with Crippen LogP contribution in [0.5, 0.6) is 5.75 Å². The molecular formula is C15H16N2O5. The van der Waals surface area contributed by atoms with Gasteiger partial charge in [-0.15, -0.1) is 0 Å². The number of para-hydroxylation sites is 1. The third kappa shape index (κ3) is 3.63. The number of nitro groups is 1. The maximum atomic E-state index is 12.0. The summed E-state index contributed by atoms with van der Waals surface area (Å²) in [7, 11) is 1.58. The molecule has 0 saturated heterocycles. The van der Waals surface area contributed by atoms with E-state index in [4.69, 9.17) is 9.15 Å². The normalized spacial score (nSPS) is 10.3. The van der Waals surface area contributed by atoms with Crippen molar-refractivity contribution in [2.45, 2.75) is 6.92 Å². The summed E-state index contributed by atoms with van der Waals surface area (Å²) in [6.45, 7) is 2.59. The second kappa shape index (κ2) is 6.75. The van der Waals surface area contributed by atoms with E-state index in [-0.39, 0.29) is 5.76 Å². The van der Waals surface area contributed by atoms with Crippen molar-refractivity contribution in [1.82, 2.24) is 4.90 Å². The molecule has 0 fully saturated rings. The summed E-state index contributed by atoms with van der Waals surface area (Å²) in [5, 5.41) is 10.5. The molecule has 0 bridgehead atoms. The molecule has 0 aliphatic carbocycles. The van der Waals surface area contributed by atoms with E-state index in [1.807, 2.05) is 31.2 Å². The van der Waals surface area contributed by atoms with Crippen LogP contribution >= 0.6 is 0 Å².